The van der Waals surface area contributed by atoms with Crippen molar-refractivity contribution in [2.75, 3.05) is 0 Å². The van der Waals surface area contributed by atoms with Gasteiger partial charge in [-0.15, -0.1) is 0 Å². The van der Waals surface area contributed by atoms with Gasteiger partial charge >= 0.3 is 17.9 Å². The van der Waals surface area contributed by atoms with Gasteiger partial charge in [0.15, 0.2) is 11.6 Å². The fourth-order valence-electron chi connectivity index (χ4n) is 4.29. The fraction of sp³-hybridized carbons (Fsp3) is 0.0541. The molecule has 45 heavy (non-hydrogen) atoms. The molecule has 0 amide bonds. The number of carbonyl (C=O) groups excluding carboxylic acids is 5. The van der Waals surface area contributed by atoms with E-state index in [1.54, 1.807) is 78.9 Å². The zero-order chi connectivity index (χ0) is 31.9. The molecule has 0 unspecified atom stereocenters. The van der Waals surface area contributed by atoms with Crippen LogP contribution in [0.2, 0.25) is 0 Å². The van der Waals surface area contributed by atoms with Gasteiger partial charge in [-0.1, -0.05) is 36.4 Å². The van der Waals surface area contributed by atoms with E-state index in [0.717, 1.165) is 11.1 Å². The Morgan fingerprint density at radius 1 is 0.378 bits per heavy atom. The molecule has 222 valence electrons. The zero-order valence-electron chi connectivity index (χ0n) is 24.3. The van der Waals surface area contributed by atoms with Crippen LogP contribution in [0.3, 0.4) is 0 Å². The summed E-state index contributed by atoms with van der Waals surface area (Å²) in [4.78, 5) is 60.7. The molecule has 0 aliphatic rings. The van der Waals surface area contributed by atoms with E-state index in [1.165, 1.54) is 56.3 Å². The molecule has 0 radical (unpaired) electrons. The molecule has 0 bridgehead atoms. The molecular weight excluding hydrogens is 572 g/mol. The highest BCUT2D eigenvalue weighted by Gasteiger charge is 2.14. The van der Waals surface area contributed by atoms with Crippen LogP contribution in [0.4, 0.5) is 0 Å². The van der Waals surface area contributed by atoms with Crippen LogP contribution in [-0.4, -0.2) is 29.5 Å². The summed E-state index contributed by atoms with van der Waals surface area (Å²) in [5.41, 5.74) is 3.42. The van der Waals surface area contributed by atoms with Gasteiger partial charge in [-0.2, -0.15) is 0 Å². The van der Waals surface area contributed by atoms with Crippen molar-refractivity contribution in [2.24, 2.45) is 0 Å². The summed E-state index contributed by atoms with van der Waals surface area (Å²) in [7, 11) is 0. The minimum absolute atomic E-state index is 0.0887. The highest BCUT2D eigenvalue weighted by atomic mass is 16.5. The first-order chi connectivity index (χ1) is 21.7. The number of ether oxygens (including phenoxy) is 3. The monoisotopic (exact) mass is 598 g/mol. The van der Waals surface area contributed by atoms with Crippen LogP contribution in [0, 0.1) is 0 Å². The minimum Gasteiger partial charge on any atom is -0.423 e. The van der Waals surface area contributed by atoms with Gasteiger partial charge in [-0.25, -0.2) is 14.4 Å². The van der Waals surface area contributed by atoms with Crippen molar-refractivity contribution in [1.82, 2.24) is 0 Å². The molecule has 5 aromatic carbocycles. The van der Waals surface area contributed by atoms with Gasteiger partial charge in [0.25, 0.3) is 0 Å². The number of Topliss-reactive ketones (excluding diaryl/α,β-unsaturated/α-hetero) is 2. The van der Waals surface area contributed by atoms with E-state index in [-0.39, 0.29) is 28.3 Å². The number of hydrogen-bond donors (Lipinski definition) is 0. The lowest BCUT2D eigenvalue weighted by Gasteiger charge is -2.08. The Kier molecular flexibility index (Phi) is 9.05. The van der Waals surface area contributed by atoms with Gasteiger partial charge in [-0.3, -0.25) is 9.59 Å². The quantitative estimate of drug-likeness (QED) is 0.0979. The van der Waals surface area contributed by atoms with Crippen molar-refractivity contribution >= 4 is 29.5 Å². The second-order valence-corrected chi connectivity index (χ2v) is 10.0. The topological polar surface area (TPSA) is 113 Å². The summed E-state index contributed by atoms with van der Waals surface area (Å²) in [6.45, 7) is 2.88. The van der Waals surface area contributed by atoms with Gasteiger partial charge in [0.2, 0.25) is 0 Å². The van der Waals surface area contributed by atoms with Crippen molar-refractivity contribution < 1.29 is 38.2 Å². The molecule has 0 atom stereocenters. The Labute approximate surface area is 258 Å². The molecule has 0 spiro atoms. The summed E-state index contributed by atoms with van der Waals surface area (Å²) >= 11 is 0. The first-order valence-corrected chi connectivity index (χ1v) is 13.9. The van der Waals surface area contributed by atoms with Gasteiger partial charge in [0, 0.05) is 11.1 Å². The Hall–Kier alpha value is -6.15. The van der Waals surface area contributed by atoms with Gasteiger partial charge < -0.3 is 14.2 Å². The molecule has 0 fully saturated rings. The zero-order valence-corrected chi connectivity index (χ0v) is 24.3. The van der Waals surface area contributed by atoms with Crippen molar-refractivity contribution in [3.05, 3.63) is 149 Å². The van der Waals surface area contributed by atoms with Gasteiger partial charge in [0.1, 0.15) is 17.2 Å². The standard InChI is InChI=1S/C37H26O8/c1-23(38)25-10-16-32(17-11-25)43-35(40)28-6-8-29(9-7-28)36(41)44-33-18-12-26(13-19-33)27-14-20-34(21-15-27)45-37(42)31-5-3-4-30(22-31)24(2)39/h3-22H,1-2H3. The number of rotatable bonds is 9. The molecule has 8 nitrogen and oxygen atoms in total. The summed E-state index contributed by atoms with van der Waals surface area (Å²) in [6, 6.07) is 32.3. The number of carbonyl (C=O) groups is 5. The van der Waals surface area contributed by atoms with Crippen LogP contribution in [-0.2, 0) is 0 Å². The van der Waals surface area contributed by atoms with Crippen molar-refractivity contribution in [2.45, 2.75) is 13.8 Å². The van der Waals surface area contributed by atoms with E-state index < -0.39 is 17.9 Å². The van der Waals surface area contributed by atoms with Crippen LogP contribution < -0.4 is 14.2 Å². The van der Waals surface area contributed by atoms with E-state index in [0.29, 0.717) is 28.4 Å². The van der Waals surface area contributed by atoms with Crippen molar-refractivity contribution in [3.63, 3.8) is 0 Å². The predicted molar refractivity (Wildman–Crippen MR) is 166 cm³/mol. The number of hydrogen-bond acceptors (Lipinski definition) is 8. The summed E-state index contributed by atoms with van der Waals surface area (Å²) in [6.07, 6.45) is 0. The average Bonchev–Trinajstić information content (AvgIpc) is 3.06. The van der Waals surface area contributed by atoms with Gasteiger partial charge in [-0.05, 0) is 110 Å². The maximum Gasteiger partial charge on any atom is 0.343 e. The third-order valence-corrected chi connectivity index (χ3v) is 6.80. The maximum absolute atomic E-state index is 12.7. The molecule has 5 rings (SSSR count). The van der Waals surface area contributed by atoms with E-state index in [9.17, 15) is 24.0 Å². The average molecular weight is 599 g/mol. The summed E-state index contributed by atoms with van der Waals surface area (Å²) < 4.78 is 16.3. The second kappa shape index (κ2) is 13.4. The molecule has 5 aromatic rings. The lowest BCUT2D eigenvalue weighted by Crippen LogP contribution is -2.11. The van der Waals surface area contributed by atoms with Crippen molar-refractivity contribution in [1.29, 1.82) is 0 Å². The first-order valence-electron chi connectivity index (χ1n) is 13.9. The Bertz CT molecular complexity index is 1890. The number of ketones is 2. The van der Waals surface area contributed by atoms with E-state index >= 15 is 0 Å². The largest absolute Gasteiger partial charge is 0.423 e. The van der Waals surface area contributed by atoms with Crippen molar-refractivity contribution in [3.8, 4) is 28.4 Å². The molecule has 8 heteroatoms. The smallest absolute Gasteiger partial charge is 0.343 e. The minimum atomic E-state index is -0.605. The third kappa shape index (κ3) is 7.63. The van der Waals surface area contributed by atoms with Gasteiger partial charge in [0.05, 0.1) is 16.7 Å². The summed E-state index contributed by atoms with van der Waals surface area (Å²) in [5, 5.41) is 0. The Morgan fingerprint density at radius 2 is 0.711 bits per heavy atom. The number of esters is 3. The SMILES string of the molecule is CC(=O)c1ccc(OC(=O)c2ccc(C(=O)Oc3ccc(-c4ccc(OC(=O)c5cccc(C(C)=O)c5)cc4)cc3)cc2)cc1. The molecule has 0 aliphatic carbocycles. The molecule has 0 N–H and O–H groups in total. The normalized spacial score (nSPS) is 10.4. The lowest BCUT2D eigenvalue weighted by atomic mass is 10.1. The Balaban J connectivity index is 1.16. The van der Waals surface area contributed by atoms with Crippen LogP contribution in [0.25, 0.3) is 11.1 Å². The van der Waals surface area contributed by atoms with Crippen LogP contribution in [0.15, 0.2) is 121 Å². The molecule has 0 heterocycles. The van der Waals surface area contributed by atoms with Crippen LogP contribution in [0.1, 0.15) is 65.6 Å². The molecule has 0 aliphatic heterocycles. The molecular formula is C37H26O8. The summed E-state index contributed by atoms with van der Waals surface area (Å²) in [5.74, 6) is -1.01. The van der Waals surface area contributed by atoms with E-state index in [2.05, 4.69) is 0 Å². The number of benzene rings is 5. The fourth-order valence-corrected chi connectivity index (χ4v) is 4.29. The molecule has 0 saturated heterocycles. The highest BCUT2D eigenvalue weighted by molar-refractivity contribution is 5.98. The maximum atomic E-state index is 12.7. The second-order valence-electron chi connectivity index (χ2n) is 10.0. The van der Waals surface area contributed by atoms with Crippen LogP contribution >= 0.6 is 0 Å². The highest BCUT2D eigenvalue weighted by Crippen LogP contribution is 2.26. The van der Waals surface area contributed by atoms with E-state index in [1.807, 2.05) is 0 Å². The van der Waals surface area contributed by atoms with E-state index in [4.69, 9.17) is 14.2 Å². The Morgan fingerprint density at radius 3 is 1.11 bits per heavy atom. The molecule has 0 aromatic heterocycles. The first kappa shape index (κ1) is 30.3. The van der Waals surface area contributed by atoms with Crippen LogP contribution in [0.5, 0.6) is 17.2 Å². The molecule has 0 saturated carbocycles. The predicted octanol–water partition coefficient (Wildman–Crippen LogP) is 7.42. The third-order valence-electron chi connectivity index (χ3n) is 6.80. The lowest BCUT2D eigenvalue weighted by molar-refractivity contribution is 0.0720.